The average Bonchev–Trinajstić information content (AvgIpc) is 2.79. The van der Waals surface area contributed by atoms with Crippen molar-refractivity contribution in [1.82, 2.24) is 13.9 Å². The minimum Gasteiger partial charge on any atom is -0.383 e. The lowest BCUT2D eigenvalue weighted by Gasteiger charge is -2.23. The number of anilines is 2. The predicted octanol–water partition coefficient (Wildman–Crippen LogP) is 1.08. The smallest absolute Gasteiger partial charge is 0.330 e. The molecule has 1 aromatic heterocycles. The summed E-state index contributed by atoms with van der Waals surface area (Å²) < 4.78 is 26.8. The summed E-state index contributed by atoms with van der Waals surface area (Å²) in [7, 11) is -0.837. The molecule has 0 bridgehead atoms. The fourth-order valence-corrected chi connectivity index (χ4v) is 4.20. The molecule has 0 aliphatic carbocycles. The Morgan fingerprint density at radius 2 is 1.64 bits per heavy atom. The maximum atomic E-state index is 13.2. The highest BCUT2D eigenvalue weighted by Gasteiger charge is 2.25. The second-order valence-corrected chi connectivity index (χ2v) is 9.58. The predicted molar refractivity (Wildman–Crippen MR) is 126 cm³/mol. The summed E-state index contributed by atoms with van der Waals surface area (Å²) in [4.78, 5) is 41.7. The van der Waals surface area contributed by atoms with Gasteiger partial charge >= 0.3 is 5.69 Å². The molecule has 0 unspecified atom stereocenters. The molecule has 0 fully saturated rings. The number of aromatic nitrogens is 2. The number of nitrogens with two attached hydrogens (primary N) is 1. The Kier molecular flexibility index (Phi) is 6.84. The molecule has 1 heterocycles. The SMILES string of the molecule is CCN(C(=O)c1ccc(S(=O)(=O)N(C)C)cc1)c1c(N)n(Cc2ccccc2)c(=O)[nH]c1=O. The van der Waals surface area contributed by atoms with Crippen LogP contribution in [0.5, 0.6) is 0 Å². The first kappa shape index (κ1) is 24.0. The van der Waals surface area contributed by atoms with Crippen molar-refractivity contribution >= 4 is 27.4 Å². The van der Waals surface area contributed by atoms with Gasteiger partial charge in [0.2, 0.25) is 10.0 Å². The summed E-state index contributed by atoms with van der Waals surface area (Å²) in [5.41, 5.74) is 5.53. The molecule has 174 valence electrons. The van der Waals surface area contributed by atoms with Gasteiger partial charge in [-0.1, -0.05) is 30.3 Å². The summed E-state index contributed by atoms with van der Waals surface area (Å²) in [6, 6.07) is 14.4. The van der Waals surface area contributed by atoms with Crippen LogP contribution in [0.2, 0.25) is 0 Å². The number of carbonyl (C=O) groups excluding carboxylic acids is 1. The van der Waals surface area contributed by atoms with Gasteiger partial charge in [-0.05, 0) is 36.8 Å². The molecular formula is C22H25N5O5S. The van der Waals surface area contributed by atoms with Crippen molar-refractivity contribution in [3.05, 3.63) is 86.6 Å². The Morgan fingerprint density at radius 3 is 2.18 bits per heavy atom. The van der Waals surface area contributed by atoms with Crippen molar-refractivity contribution in [2.75, 3.05) is 31.3 Å². The van der Waals surface area contributed by atoms with E-state index >= 15 is 0 Å². The maximum Gasteiger partial charge on any atom is 0.330 e. The highest BCUT2D eigenvalue weighted by atomic mass is 32.2. The Bertz CT molecular complexity index is 1380. The molecule has 0 aliphatic rings. The van der Waals surface area contributed by atoms with Crippen LogP contribution in [0.3, 0.4) is 0 Å². The van der Waals surface area contributed by atoms with E-state index in [0.29, 0.717) is 0 Å². The van der Waals surface area contributed by atoms with Gasteiger partial charge in [0.1, 0.15) is 5.82 Å². The zero-order valence-electron chi connectivity index (χ0n) is 18.5. The van der Waals surface area contributed by atoms with E-state index < -0.39 is 27.2 Å². The zero-order chi connectivity index (χ0) is 24.3. The van der Waals surface area contributed by atoms with Gasteiger partial charge < -0.3 is 10.6 Å². The molecule has 1 amide bonds. The van der Waals surface area contributed by atoms with E-state index in [1.165, 1.54) is 42.9 Å². The van der Waals surface area contributed by atoms with E-state index in [-0.39, 0.29) is 35.1 Å². The number of nitrogens with one attached hydrogen (secondary N) is 1. The minimum absolute atomic E-state index is 0.0286. The van der Waals surface area contributed by atoms with Crippen molar-refractivity contribution in [1.29, 1.82) is 0 Å². The van der Waals surface area contributed by atoms with Crippen molar-refractivity contribution in [2.24, 2.45) is 0 Å². The number of nitrogens with zero attached hydrogens (tertiary/aromatic N) is 3. The summed E-state index contributed by atoms with van der Waals surface area (Å²) >= 11 is 0. The first-order chi connectivity index (χ1) is 15.6. The quantitative estimate of drug-likeness (QED) is 0.529. The number of sulfonamides is 1. The molecule has 10 nitrogen and oxygen atoms in total. The van der Waals surface area contributed by atoms with Gasteiger partial charge in [0.15, 0.2) is 5.69 Å². The van der Waals surface area contributed by atoms with Gasteiger partial charge in [0.05, 0.1) is 11.4 Å². The fourth-order valence-electron chi connectivity index (χ4n) is 3.30. The Balaban J connectivity index is 2.02. The number of rotatable bonds is 7. The van der Waals surface area contributed by atoms with Crippen molar-refractivity contribution in [3.8, 4) is 0 Å². The van der Waals surface area contributed by atoms with E-state index in [1.807, 2.05) is 30.3 Å². The van der Waals surface area contributed by atoms with Crippen LogP contribution in [-0.4, -0.2) is 48.8 Å². The number of amides is 1. The van der Waals surface area contributed by atoms with Crippen molar-refractivity contribution in [3.63, 3.8) is 0 Å². The highest BCUT2D eigenvalue weighted by Crippen LogP contribution is 2.21. The molecule has 2 aromatic carbocycles. The van der Waals surface area contributed by atoms with Gasteiger partial charge in [-0.15, -0.1) is 0 Å². The number of carbonyl (C=O) groups is 1. The monoisotopic (exact) mass is 471 g/mol. The first-order valence-electron chi connectivity index (χ1n) is 10.1. The summed E-state index contributed by atoms with van der Waals surface area (Å²) in [5.74, 6) is -0.706. The number of hydrogen-bond donors (Lipinski definition) is 2. The third-order valence-corrected chi connectivity index (χ3v) is 6.94. The van der Waals surface area contributed by atoms with Crippen LogP contribution in [0, 0.1) is 0 Å². The van der Waals surface area contributed by atoms with Crippen molar-refractivity contribution < 1.29 is 13.2 Å². The van der Waals surface area contributed by atoms with Crippen LogP contribution in [0.25, 0.3) is 0 Å². The van der Waals surface area contributed by atoms with Crippen LogP contribution in [-0.2, 0) is 16.6 Å². The summed E-state index contributed by atoms with van der Waals surface area (Å²) in [6.07, 6.45) is 0. The van der Waals surface area contributed by atoms with E-state index in [2.05, 4.69) is 4.98 Å². The Morgan fingerprint density at radius 1 is 1.03 bits per heavy atom. The van der Waals surface area contributed by atoms with Gasteiger partial charge in [-0.2, -0.15) is 0 Å². The van der Waals surface area contributed by atoms with Crippen LogP contribution >= 0.6 is 0 Å². The summed E-state index contributed by atoms with van der Waals surface area (Å²) in [5, 5.41) is 0. The van der Waals surface area contributed by atoms with Gasteiger partial charge in [-0.3, -0.25) is 19.1 Å². The normalized spacial score (nSPS) is 11.5. The molecule has 0 spiro atoms. The molecule has 0 saturated heterocycles. The molecule has 33 heavy (non-hydrogen) atoms. The molecular weight excluding hydrogens is 446 g/mol. The van der Waals surface area contributed by atoms with Crippen LogP contribution in [0.4, 0.5) is 11.5 Å². The Labute approximate surface area is 190 Å². The number of H-pyrrole nitrogens is 1. The van der Waals surface area contributed by atoms with Crippen LogP contribution in [0.15, 0.2) is 69.1 Å². The minimum atomic E-state index is -3.66. The molecule has 0 radical (unpaired) electrons. The molecule has 11 heteroatoms. The summed E-state index contributed by atoms with van der Waals surface area (Å²) in [6.45, 7) is 1.86. The first-order valence-corrected chi connectivity index (χ1v) is 11.5. The lowest BCUT2D eigenvalue weighted by Crippen LogP contribution is -2.41. The van der Waals surface area contributed by atoms with Gasteiger partial charge in [0, 0.05) is 26.2 Å². The molecule has 0 atom stereocenters. The van der Waals surface area contributed by atoms with E-state index in [1.54, 1.807) is 6.92 Å². The number of benzene rings is 2. The average molecular weight is 472 g/mol. The lowest BCUT2D eigenvalue weighted by molar-refractivity contribution is 0.0988. The zero-order valence-corrected chi connectivity index (χ0v) is 19.3. The standard InChI is InChI=1S/C22H25N5O5S/c1-4-26(21(29)16-10-12-17(13-11-16)33(31,32)25(2)3)18-19(23)27(22(30)24-20(18)28)14-15-8-6-5-7-9-15/h5-13H,4,14,23H2,1-3H3,(H,24,28,30). The van der Waals surface area contributed by atoms with Crippen LogP contribution < -0.4 is 21.9 Å². The molecule has 0 aliphatic heterocycles. The highest BCUT2D eigenvalue weighted by molar-refractivity contribution is 7.89. The largest absolute Gasteiger partial charge is 0.383 e. The lowest BCUT2D eigenvalue weighted by atomic mass is 10.2. The molecule has 3 N–H and O–H groups in total. The third kappa shape index (κ3) is 4.73. The van der Waals surface area contributed by atoms with E-state index in [9.17, 15) is 22.8 Å². The fraction of sp³-hybridized carbons (Fsp3) is 0.227. The molecule has 3 rings (SSSR count). The molecule has 0 saturated carbocycles. The number of aromatic amines is 1. The third-order valence-electron chi connectivity index (χ3n) is 5.11. The van der Waals surface area contributed by atoms with Gasteiger partial charge in [0.25, 0.3) is 11.5 Å². The Hall–Kier alpha value is -3.70. The van der Waals surface area contributed by atoms with Crippen molar-refractivity contribution in [2.45, 2.75) is 18.4 Å². The van der Waals surface area contributed by atoms with Gasteiger partial charge in [-0.25, -0.2) is 17.5 Å². The topological polar surface area (TPSA) is 139 Å². The second-order valence-electron chi connectivity index (χ2n) is 7.43. The van der Waals surface area contributed by atoms with E-state index in [0.717, 1.165) is 14.8 Å². The van der Waals surface area contributed by atoms with E-state index in [4.69, 9.17) is 5.73 Å². The maximum absolute atomic E-state index is 13.2. The number of nitrogen functional groups attached to an aromatic ring is 1. The molecule has 3 aromatic rings. The number of hydrogen-bond acceptors (Lipinski definition) is 6. The van der Waals surface area contributed by atoms with Crippen LogP contribution in [0.1, 0.15) is 22.8 Å². The second kappa shape index (κ2) is 9.43.